The number of hydrogen-bond donors (Lipinski definition) is 3. The highest BCUT2D eigenvalue weighted by molar-refractivity contribution is 7.61. The fourth-order valence-electron chi connectivity index (χ4n) is 1.90. The van der Waals surface area contributed by atoms with E-state index in [4.69, 9.17) is 14.2 Å². The summed E-state index contributed by atoms with van der Waals surface area (Å²) in [7, 11) is -10.7. The molecular formula is C9H20O12P3+. The SMILES string of the molecule is COP(=O)(O)O[P+](=O)OP(=O)(OC)OC[C@H]1O[C@@H](C)[C@H](O)[C@@H]1CO. The van der Waals surface area contributed by atoms with E-state index in [2.05, 4.69) is 17.7 Å². The van der Waals surface area contributed by atoms with Gasteiger partial charge < -0.3 is 14.9 Å². The second-order valence-electron chi connectivity index (χ2n) is 4.68. The molecule has 1 heterocycles. The van der Waals surface area contributed by atoms with Gasteiger partial charge in [0.15, 0.2) is 0 Å². The van der Waals surface area contributed by atoms with Gasteiger partial charge in [-0.3, -0.25) is 18.5 Å². The standard InChI is InChI=1S/C9H19O12P3/c1-6-9(11)7(4-10)8(19-6)5-18-24(15,17-3)21-22(12)20-23(13,14)16-2/h6-11H,4-5H2,1-3H3/p+1/t6-,7+,8+,9-,24?/m0/s1. The van der Waals surface area contributed by atoms with Crippen molar-refractivity contribution >= 4 is 23.9 Å². The van der Waals surface area contributed by atoms with E-state index in [1.54, 1.807) is 6.92 Å². The summed E-state index contributed by atoms with van der Waals surface area (Å²) in [6.07, 6.45) is -2.36. The third kappa shape index (κ3) is 6.17. The predicted molar refractivity (Wildman–Crippen MR) is 78.1 cm³/mol. The highest BCUT2D eigenvalue weighted by Gasteiger charge is 2.47. The molecule has 0 aromatic heterocycles. The topological polar surface area (TPSA) is 167 Å². The first-order valence-electron chi connectivity index (χ1n) is 6.57. The van der Waals surface area contributed by atoms with Gasteiger partial charge in [0.1, 0.15) is 0 Å². The molecule has 1 aliphatic rings. The first kappa shape index (κ1) is 22.2. The minimum atomic E-state index is -4.63. The minimum absolute atomic E-state index is 0.406. The second-order valence-corrected chi connectivity index (χ2v) is 9.25. The van der Waals surface area contributed by atoms with E-state index >= 15 is 0 Å². The fraction of sp³-hybridized carbons (Fsp3) is 1.00. The maximum atomic E-state index is 12.2. The van der Waals surface area contributed by atoms with Crippen LogP contribution in [0, 0.1) is 5.92 Å². The molecule has 1 aliphatic heterocycles. The van der Waals surface area contributed by atoms with Crippen molar-refractivity contribution in [2.24, 2.45) is 5.92 Å². The smallest absolute Gasteiger partial charge is 0.396 e. The molecule has 3 N–H and O–H groups in total. The van der Waals surface area contributed by atoms with Gasteiger partial charge in [-0.2, -0.15) is 0 Å². The Morgan fingerprint density at radius 3 is 2.33 bits per heavy atom. The number of hydrogen-bond acceptors (Lipinski definition) is 11. The van der Waals surface area contributed by atoms with Crippen molar-refractivity contribution in [1.82, 2.24) is 0 Å². The summed E-state index contributed by atoms with van der Waals surface area (Å²) in [5.74, 6) is -0.693. The van der Waals surface area contributed by atoms with Crippen molar-refractivity contribution in [2.45, 2.75) is 25.2 Å². The van der Waals surface area contributed by atoms with Crippen LogP contribution in [0.4, 0.5) is 0 Å². The van der Waals surface area contributed by atoms with Gasteiger partial charge in [0, 0.05) is 24.7 Å². The quantitative estimate of drug-likeness (QED) is 0.435. The van der Waals surface area contributed by atoms with Gasteiger partial charge in [0.2, 0.25) is 0 Å². The third-order valence-corrected chi connectivity index (χ3v) is 7.25. The predicted octanol–water partition coefficient (Wildman–Crippen LogP) is 0.952. The van der Waals surface area contributed by atoms with Gasteiger partial charge in [-0.25, -0.2) is 9.13 Å². The summed E-state index contributed by atoms with van der Waals surface area (Å²) in [5.41, 5.74) is 0. The Labute approximate surface area is 139 Å². The van der Waals surface area contributed by atoms with Crippen LogP contribution in [0.1, 0.15) is 6.92 Å². The van der Waals surface area contributed by atoms with E-state index in [-0.39, 0.29) is 0 Å². The van der Waals surface area contributed by atoms with Crippen molar-refractivity contribution in [2.75, 3.05) is 27.4 Å². The summed E-state index contributed by atoms with van der Waals surface area (Å²) >= 11 is 0. The average Bonchev–Trinajstić information content (AvgIpc) is 2.79. The number of ether oxygens (including phenoxy) is 1. The molecule has 0 aromatic rings. The van der Waals surface area contributed by atoms with E-state index < -0.39 is 61.3 Å². The zero-order valence-electron chi connectivity index (χ0n) is 13.1. The summed E-state index contributed by atoms with van der Waals surface area (Å²) < 4.78 is 61.9. The van der Waals surface area contributed by atoms with Gasteiger partial charge in [0.25, 0.3) is 0 Å². The molecule has 0 aromatic carbocycles. The van der Waals surface area contributed by atoms with Crippen LogP contribution < -0.4 is 0 Å². The lowest BCUT2D eigenvalue weighted by Gasteiger charge is -2.18. The van der Waals surface area contributed by atoms with E-state index in [0.29, 0.717) is 0 Å². The molecule has 142 valence electrons. The average molecular weight is 413 g/mol. The molecule has 0 aliphatic carbocycles. The Hall–Kier alpha value is 0.200. The number of rotatable bonds is 10. The van der Waals surface area contributed by atoms with Crippen molar-refractivity contribution in [3.63, 3.8) is 0 Å². The molecule has 0 amide bonds. The molecule has 1 saturated heterocycles. The van der Waals surface area contributed by atoms with Crippen LogP contribution in [0.3, 0.4) is 0 Å². The van der Waals surface area contributed by atoms with E-state index in [1.807, 2.05) is 0 Å². The molecule has 0 radical (unpaired) electrons. The first-order chi connectivity index (χ1) is 11.1. The zero-order chi connectivity index (χ0) is 18.5. The minimum Gasteiger partial charge on any atom is -0.396 e. The largest absolute Gasteiger partial charge is 0.719 e. The maximum Gasteiger partial charge on any atom is 0.719 e. The van der Waals surface area contributed by atoms with Crippen LogP contribution in [-0.4, -0.2) is 60.9 Å². The van der Waals surface area contributed by atoms with Crippen LogP contribution in [-0.2, 0) is 40.6 Å². The Balaban J connectivity index is 2.64. The van der Waals surface area contributed by atoms with Gasteiger partial charge in [-0.05, 0) is 15.5 Å². The molecule has 24 heavy (non-hydrogen) atoms. The van der Waals surface area contributed by atoms with Crippen molar-refractivity contribution in [1.29, 1.82) is 0 Å². The lowest BCUT2D eigenvalue weighted by Crippen LogP contribution is -2.31. The van der Waals surface area contributed by atoms with Gasteiger partial charge in [-0.1, -0.05) is 0 Å². The number of phosphoric acid groups is 2. The Bertz CT molecular complexity index is 526. The van der Waals surface area contributed by atoms with Gasteiger partial charge >= 0.3 is 23.9 Å². The van der Waals surface area contributed by atoms with Crippen LogP contribution >= 0.6 is 23.9 Å². The van der Waals surface area contributed by atoms with Crippen LogP contribution in [0.5, 0.6) is 0 Å². The summed E-state index contributed by atoms with van der Waals surface area (Å²) in [5, 5.41) is 19.0. The molecule has 1 rings (SSSR count). The monoisotopic (exact) mass is 413 g/mol. The van der Waals surface area contributed by atoms with Crippen molar-refractivity contribution in [3.8, 4) is 0 Å². The lowest BCUT2D eigenvalue weighted by molar-refractivity contribution is -0.00591. The number of aliphatic hydroxyl groups excluding tert-OH is 2. The summed E-state index contributed by atoms with van der Waals surface area (Å²) in [4.78, 5) is 8.99. The van der Waals surface area contributed by atoms with Crippen molar-refractivity contribution in [3.05, 3.63) is 0 Å². The Morgan fingerprint density at radius 2 is 1.83 bits per heavy atom. The second kappa shape index (κ2) is 9.23. The molecule has 3 unspecified atom stereocenters. The molecule has 0 saturated carbocycles. The molecule has 7 atom stereocenters. The summed E-state index contributed by atoms with van der Waals surface area (Å²) in [6.45, 7) is 0.743. The van der Waals surface area contributed by atoms with E-state index in [1.165, 1.54) is 0 Å². The van der Waals surface area contributed by atoms with Crippen molar-refractivity contribution < 1.29 is 55.7 Å². The van der Waals surface area contributed by atoms with E-state index in [9.17, 15) is 23.9 Å². The maximum absolute atomic E-state index is 12.2. The first-order valence-corrected chi connectivity index (χ1v) is 10.6. The fourth-order valence-corrected chi connectivity index (χ4v) is 4.77. The molecule has 1 fully saturated rings. The molecule has 0 spiro atoms. The highest BCUT2D eigenvalue weighted by Crippen LogP contribution is 2.61. The van der Waals surface area contributed by atoms with Crippen LogP contribution in [0.15, 0.2) is 0 Å². The summed E-state index contributed by atoms with van der Waals surface area (Å²) in [6, 6.07) is 0. The number of phosphoric ester groups is 2. The lowest BCUT2D eigenvalue weighted by atomic mass is 9.98. The normalized spacial score (nSPS) is 33.0. The molecule has 12 nitrogen and oxygen atoms in total. The van der Waals surface area contributed by atoms with Crippen LogP contribution in [0.25, 0.3) is 0 Å². The highest BCUT2D eigenvalue weighted by atomic mass is 31.3. The third-order valence-electron chi connectivity index (χ3n) is 3.19. The molecular weight excluding hydrogens is 393 g/mol. The number of aliphatic hydroxyl groups is 2. The Kier molecular flexibility index (Phi) is 8.55. The zero-order valence-corrected chi connectivity index (χ0v) is 15.8. The molecule has 0 bridgehead atoms. The Morgan fingerprint density at radius 1 is 1.21 bits per heavy atom. The van der Waals surface area contributed by atoms with Gasteiger partial charge in [0.05, 0.1) is 31.5 Å². The van der Waals surface area contributed by atoms with Crippen LogP contribution in [0.2, 0.25) is 0 Å². The van der Waals surface area contributed by atoms with Gasteiger partial charge in [-0.15, -0.1) is 0 Å². The molecule has 15 heteroatoms. The van der Waals surface area contributed by atoms with E-state index in [0.717, 1.165) is 14.2 Å².